The van der Waals surface area contributed by atoms with Crippen LogP contribution in [-0.2, 0) is 21.9 Å². The molecule has 148 valence electrons. The molecule has 4 nitrogen and oxygen atoms in total. The molecule has 27 heavy (non-hydrogen) atoms. The minimum atomic E-state index is -5.01. The monoisotopic (exact) mass is 412 g/mol. The van der Waals surface area contributed by atoms with Gasteiger partial charge in [-0.05, 0) is 31.5 Å². The average Bonchev–Trinajstić information content (AvgIpc) is 3.02. The van der Waals surface area contributed by atoms with E-state index in [1.165, 1.54) is 16.7 Å². The Labute approximate surface area is 154 Å². The van der Waals surface area contributed by atoms with Crippen molar-refractivity contribution in [1.29, 1.82) is 0 Å². The summed E-state index contributed by atoms with van der Waals surface area (Å²) in [5.74, 6) is -0.851. The molecular formula is C16H14F6N2O2S. The molecule has 0 saturated carbocycles. The van der Waals surface area contributed by atoms with Crippen LogP contribution in [0.4, 0.5) is 32.0 Å². The highest BCUT2D eigenvalue weighted by atomic mass is 32.2. The number of hydrogen-bond acceptors (Lipinski definition) is 3. The molecule has 11 heteroatoms. The molecule has 2 heterocycles. The molecule has 1 aromatic rings. The zero-order valence-electron chi connectivity index (χ0n) is 13.9. The summed E-state index contributed by atoms with van der Waals surface area (Å²) < 4.78 is 77.5. The van der Waals surface area contributed by atoms with E-state index in [4.69, 9.17) is 0 Å². The van der Waals surface area contributed by atoms with Crippen molar-refractivity contribution >= 4 is 29.3 Å². The molecule has 0 spiro atoms. The van der Waals surface area contributed by atoms with Gasteiger partial charge in [0.15, 0.2) is 0 Å². The van der Waals surface area contributed by atoms with Gasteiger partial charge in [-0.15, -0.1) is 11.8 Å². The number of thioether (sulfide) groups is 1. The van der Waals surface area contributed by atoms with Crippen molar-refractivity contribution in [1.82, 2.24) is 4.90 Å². The third kappa shape index (κ3) is 3.74. The first-order chi connectivity index (χ1) is 12.3. The SMILES string of the molecule is C[C@@]12CCC(=O)N1[C@@H](C(=O)Nc1cc(C(F)(F)F)cc(C(F)(F)F)c1)CS2. The second kappa shape index (κ2) is 6.32. The van der Waals surface area contributed by atoms with Gasteiger partial charge in [-0.2, -0.15) is 26.3 Å². The first-order valence-corrected chi connectivity index (χ1v) is 8.86. The first-order valence-electron chi connectivity index (χ1n) is 7.88. The van der Waals surface area contributed by atoms with Crippen LogP contribution in [0.5, 0.6) is 0 Å². The predicted molar refractivity (Wildman–Crippen MR) is 85.8 cm³/mol. The lowest BCUT2D eigenvalue weighted by molar-refractivity contribution is -0.143. The molecule has 0 radical (unpaired) electrons. The van der Waals surface area contributed by atoms with Gasteiger partial charge in [-0.3, -0.25) is 9.59 Å². The third-order valence-corrected chi connectivity index (χ3v) is 6.11. The maximum Gasteiger partial charge on any atom is 0.416 e. The lowest BCUT2D eigenvalue weighted by Crippen LogP contribution is -2.48. The number of nitrogens with zero attached hydrogens (tertiary/aromatic N) is 1. The Kier molecular flexibility index (Phi) is 4.64. The highest BCUT2D eigenvalue weighted by Crippen LogP contribution is 2.47. The number of carbonyl (C=O) groups excluding carboxylic acids is 2. The molecule has 2 fully saturated rings. The van der Waals surface area contributed by atoms with Crippen molar-refractivity contribution in [2.75, 3.05) is 11.1 Å². The Balaban J connectivity index is 1.89. The van der Waals surface area contributed by atoms with Gasteiger partial charge in [0.2, 0.25) is 11.8 Å². The van der Waals surface area contributed by atoms with Crippen LogP contribution in [0.25, 0.3) is 0 Å². The maximum absolute atomic E-state index is 12.9. The van der Waals surface area contributed by atoms with Crippen molar-refractivity contribution < 1.29 is 35.9 Å². The lowest BCUT2D eigenvalue weighted by atomic mass is 10.1. The van der Waals surface area contributed by atoms with Crippen molar-refractivity contribution in [3.63, 3.8) is 0 Å². The van der Waals surface area contributed by atoms with E-state index in [1.807, 2.05) is 0 Å². The number of nitrogens with one attached hydrogen (secondary N) is 1. The fraction of sp³-hybridized carbons (Fsp3) is 0.500. The molecule has 1 N–H and O–H groups in total. The Morgan fingerprint density at radius 2 is 1.70 bits per heavy atom. The van der Waals surface area contributed by atoms with Crippen LogP contribution in [0.15, 0.2) is 18.2 Å². The number of anilines is 1. The zero-order valence-corrected chi connectivity index (χ0v) is 14.7. The van der Waals surface area contributed by atoms with Crippen LogP contribution in [0.2, 0.25) is 0 Å². The standard InChI is InChI=1S/C16H14F6N2O2S/c1-14-3-2-12(25)24(14)11(7-27-14)13(26)23-10-5-8(15(17,18)19)4-9(6-10)16(20,21)22/h4-6,11H,2-3,7H2,1H3,(H,23,26)/t11-,14-/m1/s1. The Bertz CT molecular complexity index is 762. The van der Waals surface area contributed by atoms with E-state index in [1.54, 1.807) is 6.92 Å². The number of hydrogen-bond donors (Lipinski definition) is 1. The summed E-state index contributed by atoms with van der Waals surface area (Å²) in [6.45, 7) is 1.78. The Morgan fingerprint density at radius 1 is 1.15 bits per heavy atom. The van der Waals surface area contributed by atoms with Gasteiger partial charge in [0.05, 0.1) is 16.0 Å². The number of halogens is 6. The van der Waals surface area contributed by atoms with E-state index < -0.39 is 46.0 Å². The summed E-state index contributed by atoms with van der Waals surface area (Å²) in [4.78, 5) is 25.3. The summed E-state index contributed by atoms with van der Waals surface area (Å²) in [7, 11) is 0. The maximum atomic E-state index is 12.9. The molecule has 2 amide bonds. The van der Waals surface area contributed by atoms with Gasteiger partial charge in [-0.25, -0.2) is 0 Å². The minimum absolute atomic E-state index is 0.0118. The number of rotatable bonds is 2. The van der Waals surface area contributed by atoms with Crippen molar-refractivity contribution in [2.45, 2.75) is 43.0 Å². The van der Waals surface area contributed by atoms with E-state index in [2.05, 4.69) is 5.32 Å². The van der Waals surface area contributed by atoms with Gasteiger partial charge < -0.3 is 10.2 Å². The van der Waals surface area contributed by atoms with Crippen LogP contribution < -0.4 is 5.32 Å². The first kappa shape index (κ1) is 19.8. The van der Waals surface area contributed by atoms with Crippen molar-refractivity contribution in [3.05, 3.63) is 29.3 Å². The highest BCUT2D eigenvalue weighted by molar-refractivity contribution is 8.01. The van der Waals surface area contributed by atoms with Crippen molar-refractivity contribution in [3.8, 4) is 0 Å². The number of fused-ring (bicyclic) bond motifs is 1. The molecule has 0 aromatic heterocycles. The van der Waals surface area contributed by atoms with Crippen LogP contribution in [0.3, 0.4) is 0 Å². The molecule has 2 aliphatic rings. The second-order valence-corrected chi connectivity index (χ2v) is 8.05. The van der Waals surface area contributed by atoms with E-state index in [-0.39, 0.29) is 24.1 Å². The average molecular weight is 412 g/mol. The van der Waals surface area contributed by atoms with Crippen LogP contribution in [0, 0.1) is 0 Å². The van der Waals surface area contributed by atoms with Crippen molar-refractivity contribution in [2.24, 2.45) is 0 Å². The smallest absolute Gasteiger partial charge is 0.324 e. The van der Waals surface area contributed by atoms with Crippen LogP contribution in [0.1, 0.15) is 30.9 Å². The second-order valence-electron chi connectivity index (χ2n) is 6.55. The van der Waals surface area contributed by atoms with E-state index in [9.17, 15) is 35.9 Å². The summed E-state index contributed by atoms with van der Waals surface area (Å²) in [5, 5.41) is 2.11. The fourth-order valence-electron chi connectivity index (χ4n) is 3.27. The summed E-state index contributed by atoms with van der Waals surface area (Å²) in [5.41, 5.74) is -3.65. The van der Waals surface area contributed by atoms with E-state index in [0.29, 0.717) is 18.6 Å². The van der Waals surface area contributed by atoms with Gasteiger partial charge in [0, 0.05) is 17.9 Å². The Hall–Kier alpha value is -1.91. The fourth-order valence-corrected chi connectivity index (χ4v) is 4.70. The van der Waals surface area contributed by atoms with E-state index in [0.717, 1.165) is 0 Å². The molecule has 2 saturated heterocycles. The van der Waals surface area contributed by atoms with Crippen LogP contribution >= 0.6 is 11.8 Å². The Morgan fingerprint density at radius 3 is 2.22 bits per heavy atom. The summed E-state index contributed by atoms with van der Waals surface area (Å²) in [6.07, 6.45) is -9.24. The quantitative estimate of drug-likeness (QED) is 0.744. The minimum Gasteiger partial charge on any atom is -0.324 e. The molecule has 0 aliphatic carbocycles. The molecule has 1 aromatic carbocycles. The highest BCUT2D eigenvalue weighted by Gasteiger charge is 2.53. The van der Waals surface area contributed by atoms with Gasteiger partial charge in [-0.1, -0.05) is 0 Å². The normalized spacial score (nSPS) is 25.7. The molecule has 0 unspecified atom stereocenters. The van der Waals surface area contributed by atoms with Gasteiger partial charge in [0.25, 0.3) is 0 Å². The molecule has 2 atom stereocenters. The van der Waals surface area contributed by atoms with Gasteiger partial charge >= 0.3 is 12.4 Å². The lowest BCUT2D eigenvalue weighted by Gasteiger charge is -2.30. The number of carbonyl (C=O) groups is 2. The topological polar surface area (TPSA) is 49.4 Å². The molecule has 2 aliphatic heterocycles. The summed E-state index contributed by atoms with van der Waals surface area (Å²) >= 11 is 1.37. The molecular weight excluding hydrogens is 398 g/mol. The van der Waals surface area contributed by atoms with E-state index >= 15 is 0 Å². The number of amides is 2. The van der Waals surface area contributed by atoms with Gasteiger partial charge in [0.1, 0.15) is 6.04 Å². The number of benzene rings is 1. The summed E-state index contributed by atoms with van der Waals surface area (Å²) in [6, 6.07) is -0.0679. The predicted octanol–water partition coefficient (Wildman–Crippen LogP) is 4.12. The molecule has 0 bridgehead atoms. The molecule has 3 rings (SSSR count). The number of alkyl halides is 6. The zero-order chi connectivity index (χ0) is 20.2. The largest absolute Gasteiger partial charge is 0.416 e. The van der Waals surface area contributed by atoms with Crippen LogP contribution in [-0.4, -0.2) is 33.4 Å². The third-order valence-electron chi connectivity index (χ3n) is 4.60.